The molecule has 0 aliphatic rings. The molecule has 0 spiro atoms. The number of likely N-dealkylation sites (N-methyl/N-ethyl adjacent to an activating group) is 1. The minimum absolute atomic E-state index is 0.116. The number of aromatic nitrogens is 2. The predicted octanol–water partition coefficient (Wildman–Crippen LogP) is 1.27. The Bertz CT molecular complexity index is 378. The van der Waals surface area contributed by atoms with E-state index in [1.54, 1.807) is 16.8 Å². The first-order chi connectivity index (χ1) is 7.45. The van der Waals surface area contributed by atoms with Crippen LogP contribution in [0.5, 0.6) is 0 Å². The van der Waals surface area contributed by atoms with Crippen LogP contribution >= 0.6 is 0 Å². The van der Waals surface area contributed by atoms with Crippen molar-refractivity contribution in [3.05, 3.63) is 28.9 Å². The van der Waals surface area contributed by atoms with Gasteiger partial charge in [-0.05, 0) is 18.0 Å². The SMILES string of the molecule is CCNC(Cn1cccnc1=O)C(C)(C)C. The summed E-state index contributed by atoms with van der Waals surface area (Å²) in [5, 5.41) is 3.41. The van der Waals surface area contributed by atoms with Crippen molar-refractivity contribution in [3.8, 4) is 0 Å². The van der Waals surface area contributed by atoms with Crippen molar-refractivity contribution in [2.75, 3.05) is 6.54 Å². The highest BCUT2D eigenvalue weighted by atomic mass is 16.1. The van der Waals surface area contributed by atoms with Gasteiger partial charge in [0.05, 0.1) is 0 Å². The highest BCUT2D eigenvalue weighted by molar-refractivity contribution is 4.86. The molecule has 0 amide bonds. The molecular weight excluding hydrogens is 202 g/mol. The Kier molecular flexibility index (Phi) is 4.24. The molecule has 4 heteroatoms. The largest absolute Gasteiger partial charge is 0.347 e. The second-order valence-corrected chi connectivity index (χ2v) is 5.03. The molecule has 0 saturated carbocycles. The molecule has 0 bridgehead atoms. The number of hydrogen-bond donors (Lipinski definition) is 1. The van der Waals surface area contributed by atoms with Gasteiger partial charge in [-0.15, -0.1) is 0 Å². The summed E-state index contributed by atoms with van der Waals surface area (Å²) in [5.74, 6) is 0. The molecule has 0 aliphatic carbocycles. The molecule has 0 fully saturated rings. The first-order valence-electron chi connectivity index (χ1n) is 5.70. The fourth-order valence-corrected chi connectivity index (χ4v) is 1.61. The van der Waals surface area contributed by atoms with Crippen LogP contribution in [0, 0.1) is 5.41 Å². The molecule has 1 atom stereocenters. The number of rotatable bonds is 4. The van der Waals surface area contributed by atoms with Gasteiger partial charge in [-0.2, -0.15) is 0 Å². The van der Waals surface area contributed by atoms with E-state index in [1.807, 2.05) is 0 Å². The molecule has 1 unspecified atom stereocenters. The Labute approximate surface area is 96.7 Å². The number of nitrogens with zero attached hydrogens (tertiary/aromatic N) is 2. The van der Waals surface area contributed by atoms with Gasteiger partial charge in [0.2, 0.25) is 0 Å². The van der Waals surface area contributed by atoms with Crippen LogP contribution in [0.2, 0.25) is 0 Å². The minimum atomic E-state index is -0.186. The molecule has 1 N–H and O–H groups in total. The summed E-state index contributed by atoms with van der Waals surface area (Å²) < 4.78 is 1.65. The third-order valence-electron chi connectivity index (χ3n) is 2.66. The number of hydrogen-bond acceptors (Lipinski definition) is 3. The van der Waals surface area contributed by atoms with E-state index in [4.69, 9.17) is 0 Å². The lowest BCUT2D eigenvalue weighted by atomic mass is 9.86. The van der Waals surface area contributed by atoms with E-state index in [9.17, 15) is 4.79 Å². The Hall–Kier alpha value is -1.16. The van der Waals surface area contributed by atoms with Crippen molar-refractivity contribution in [1.82, 2.24) is 14.9 Å². The van der Waals surface area contributed by atoms with Gasteiger partial charge in [-0.3, -0.25) is 4.57 Å². The Balaban J connectivity index is 2.84. The maximum Gasteiger partial charge on any atom is 0.347 e. The molecule has 4 nitrogen and oxygen atoms in total. The second kappa shape index (κ2) is 5.25. The molecule has 0 radical (unpaired) electrons. The van der Waals surface area contributed by atoms with Gasteiger partial charge in [-0.25, -0.2) is 9.78 Å². The normalized spacial score (nSPS) is 13.8. The van der Waals surface area contributed by atoms with Crippen LogP contribution in [0.1, 0.15) is 27.7 Å². The van der Waals surface area contributed by atoms with Gasteiger partial charge < -0.3 is 5.32 Å². The van der Waals surface area contributed by atoms with Crippen LogP contribution in [-0.4, -0.2) is 22.1 Å². The van der Waals surface area contributed by atoms with E-state index in [1.165, 1.54) is 6.20 Å². The molecule has 16 heavy (non-hydrogen) atoms. The van der Waals surface area contributed by atoms with E-state index in [2.05, 4.69) is 38.0 Å². The molecule has 0 saturated heterocycles. The second-order valence-electron chi connectivity index (χ2n) is 5.03. The third-order valence-corrected chi connectivity index (χ3v) is 2.66. The average Bonchev–Trinajstić information content (AvgIpc) is 2.19. The lowest BCUT2D eigenvalue weighted by Crippen LogP contribution is -2.45. The van der Waals surface area contributed by atoms with E-state index in [0.29, 0.717) is 6.54 Å². The average molecular weight is 223 g/mol. The van der Waals surface area contributed by atoms with E-state index in [-0.39, 0.29) is 17.1 Å². The van der Waals surface area contributed by atoms with Crippen LogP contribution in [0.3, 0.4) is 0 Å². The van der Waals surface area contributed by atoms with Crippen molar-refractivity contribution in [2.24, 2.45) is 5.41 Å². The van der Waals surface area contributed by atoms with Gasteiger partial charge in [0.15, 0.2) is 0 Å². The Morgan fingerprint density at radius 2 is 2.19 bits per heavy atom. The fourth-order valence-electron chi connectivity index (χ4n) is 1.61. The highest BCUT2D eigenvalue weighted by Gasteiger charge is 2.24. The maximum absolute atomic E-state index is 11.5. The zero-order valence-electron chi connectivity index (χ0n) is 10.5. The summed E-state index contributed by atoms with van der Waals surface area (Å²) in [4.78, 5) is 15.3. The van der Waals surface area contributed by atoms with Crippen molar-refractivity contribution < 1.29 is 0 Å². The molecule has 1 aromatic heterocycles. The summed E-state index contributed by atoms with van der Waals surface area (Å²) in [5.41, 5.74) is -0.0691. The topological polar surface area (TPSA) is 46.9 Å². The zero-order valence-corrected chi connectivity index (χ0v) is 10.5. The molecule has 0 aromatic carbocycles. The Morgan fingerprint density at radius 3 is 2.69 bits per heavy atom. The van der Waals surface area contributed by atoms with Gasteiger partial charge in [-0.1, -0.05) is 27.7 Å². The standard InChI is InChI=1S/C12H21N3O/c1-5-13-10(12(2,3)4)9-15-8-6-7-14-11(15)16/h6-8,10,13H,5,9H2,1-4H3. The van der Waals surface area contributed by atoms with E-state index in [0.717, 1.165) is 6.54 Å². The summed E-state index contributed by atoms with van der Waals surface area (Å²) in [6.07, 6.45) is 3.31. The molecule has 1 heterocycles. The van der Waals surface area contributed by atoms with Crippen LogP contribution in [0.15, 0.2) is 23.3 Å². The van der Waals surface area contributed by atoms with Crippen molar-refractivity contribution in [3.63, 3.8) is 0 Å². The van der Waals surface area contributed by atoms with Crippen LogP contribution < -0.4 is 11.0 Å². The van der Waals surface area contributed by atoms with E-state index >= 15 is 0 Å². The quantitative estimate of drug-likeness (QED) is 0.836. The summed E-state index contributed by atoms with van der Waals surface area (Å²) in [7, 11) is 0. The first-order valence-corrected chi connectivity index (χ1v) is 5.70. The molecule has 90 valence electrons. The Morgan fingerprint density at radius 1 is 1.50 bits per heavy atom. The van der Waals surface area contributed by atoms with Crippen LogP contribution in [0.4, 0.5) is 0 Å². The van der Waals surface area contributed by atoms with Gasteiger partial charge in [0.1, 0.15) is 0 Å². The lowest BCUT2D eigenvalue weighted by Gasteiger charge is -2.31. The summed E-state index contributed by atoms with van der Waals surface area (Å²) in [6.45, 7) is 10.1. The number of nitrogens with one attached hydrogen (secondary N) is 1. The van der Waals surface area contributed by atoms with Crippen molar-refractivity contribution in [2.45, 2.75) is 40.3 Å². The smallest absolute Gasteiger partial charge is 0.312 e. The monoisotopic (exact) mass is 223 g/mol. The van der Waals surface area contributed by atoms with Crippen molar-refractivity contribution >= 4 is 0 Å². The molecule has 0 aliphatic heterocycles. The van der Waals surface area contributed by atoms with Crippen LogP contribution in [-0.2, 0) is 6.54 Å². The van der Waals surface area contributed by atoms with Crippen LogP contribution in [0.25, 0.3) is 0 Å². The molecule has 1 rings (SSSR count). The fraction of sp³-hybridized carbons (Fsp3) is 0.667. The molecular formula is C12H21N3O. The summed E-state index contributed by atoms with van der Waals surface area (Å²) in [6, 6.07) is 2.05. The van der Waals surface area contributed by atoms with Gasteiger partial charge in [0.25, 0.3) is 0 Å². The van der Waals surface area contributed by atoms with Gasteiger partial charge in [0, 0.05) is 25.0 Å². The van der Waals surface area contributed by atoms with E-state index < -0.39 is 0 Å². The minimum Gasteiger partial charge on any atom is -0.312 e. The highest BCUT2D eigenvalue weighted by Crippen LogP contribution is 2.20. The maximum atomic E-state index is 11.5. The third kappa shape index (κ3) is 3.45. The predicted molar refractivity (Wildman–Crippen MR) is 65.4 cm³/mol. The van der Waals surface area contributed by atoms with Gasteiger partial charge >= 0.3 is 5.69 Å². The summed E-state index contributed by atoms with van der Waals surface area (Å²) >= 11 is 0. The molecule has 1 aromatic rings. The van der Waals surface area contributed by atoms with Crippen molar-refractivity contribution in [1.29, 1.82) is 0 Å². The zero-order chi connectivity index (χ0) is 12.2. The lowest BCUT2D eigenvalue weighted by molar-refractivity contribution is 0.242. The first kappa shape index (κ1) is 12.9.